The fourth-order valence-electron chi connectivity index (χ4n) is 2.00. The van der Waals surface area contributed by atoms with Crippen molar-refractivity contribution >= 4 is 16.9 Å². The van der Waals surface area contributed by atoms with E-state index in [0.29, 0.717) is 5.57 Å². The smallest absolute Gasteiger partial charge is 0.399 e. The summed E-state index contributed by atoms with van der Waals surface area (Å²) in [5, 5.41) is 0. The maximum Gasteiger partial charge on any atom is 0.417 e. The third-order valence-corrected chi connectivity index (χ3v) is 3.04. The van der Waals surface area contributed by atoms with Crippen molar-refractivity contribution in [3.63, 3.8) is 0 Å². The molecule has 2 rings (SSSR count). The van der Waals surface area contributed by atoms with Crippen LogP contribution in [0.1, 0.15) is 23.6 Å². The molecule has 0 aromatic heterocycles. The van der Waals surface area contributed by atoms with Crippen molar-refractivity contribution in [2.45, 2.75) is 19.3 Å². The highest BCUT2D eigenvalue weighted by Crippen LogP contribution is 2.37. The molecule has 0 bridgehead atoms. The maximum absolute atomic E-state index is 12.5. The Kier molecular flexibility index (Phi) is 6.12. The minimum absolute atomic E-state index is 0.0139. The number of benzene rings is 2. The molecule has 0 heterocycles. The summed E-state index contributed by atoms with van der Waals surface area (Å²) in [7, 11) is 0. The highest BCUT2D eigenvalue weighted by atomic mass is 19.4. The molecule has 0 unspecified atom stereocenters. The predicted octanol–water partition coefficient (Wildman–Crippen LogP) is 5.61. The van der Waals surface area contributed by atoms with E-state index in [2.05, 4.69) is 6.58 Å². The first kappa shape index (κ1) is 20.4. The van der Waals surface area contributed by atoms with E-state index in [9.17, 15) is 26.3 Å². The lowest BCUT2D eigenvalue weighted by atomic mass is 9.99. The third kappa shape index (κ3) is 5.74. The van der Waals surface area contributed by atoms with Gasteiger partial charge in [0.1, 0.15) is 0 Å². The number of hydrogen-bond acceptors (Lipinski definition) is 2. The van der Waals surface area contributed by atoms with Gasteiger partial charge in [-0.1, -0.05) is 18.7 Å². The van der Waals surface area contributed by atoms with Crippen LogP contribution < -0.4 is 11.5 Å². The standard InChI is InChI=1S/C10H10F3N.C7H6F3N/c1-6(2)9-7(10(11,12)13)4-3-5-8(9)14;8-7(9,10)5-2-1-3-6(11)4-5/h3-5H,1,14H2,2H3;1-4H,11H2. The number of alkyl halides is 6. The van der Waals surface area contributed by atoms with E-state index in [1.165, 1.54) is 31.2 Å². The molecule has 2 aromatic rings. The number of anilines is 2. The van der Waals surface area contributed by atoms with Gasteiger partial charge < -0.3 is 11.5 Å². The van der Waals surface area contributed by atoms with Crippen molar-refractivity contribution in [1.29, 1.82) is 0 Å². The first-order valence-electron chi connectivity index (χ1n) is 6.88. The van der Waals surface area contributed by atoms with Crippen molar-refractivity contribution in [3.8, 4) is 0 Å². The summed E-state index contributed by atoms with van der Waals surface area (Å²) in [4.78, 5) is 0. The number of halogens is 6. The molecular weight excluding hydrogens is 346 g/mol. The molecule has 0 spiro atoms. The molecule has 8 heteroatoms. The van der Waals surface area contributed by atoms with E-state index in [4.69, 9.17) is 11.5 Å². The highest BCUT2D eigenvalue weighted by molar-refractivity contribution is 5.75. The van der Waals surface area contributed by atoms with Gasteiger partial charge >= 0.3 is 12.4 Å². The Hall–Kier alpha value is -2.64. The lowest BCUT2D eigenvalue weighted by Gasteiger charge is -2.14. The second-order valence-corrected chi connectivity index (χ2v) is 5.17. The van der Waals surface area contributed by atoms with Gasteiger partial charge in [-0.25, -0.2) is 0 Å². The van der Waals surface area contributed by atoms with Crippen molar-refractivity contribution in [3.05, 3.63) is 65.7 Å². The van der Waals surface area contributed by atoms with Crippen molar-refractivity contribution in [2.75, 3.05) is 11.5 Å². The van der Waals surface area contributed by atoms with E-state index in [-0.39, 0.29) is 16.9 Å². The van der Waals surface area contributed by atoms with Gasteiger partial charge in [0, 0.05) is 16.9 Å². The lowest BCUT2D eigenvalue weighted by Crippen LogP contribution is -2.10. The monoisotopic (exact) mass is 362 g/mol. The minimum Gasteiger partial charge on any atom is -0.399 e. The van der Waals surface area contributed by atoms with Gasteiger partial charge in [0.2, 0.25) is 0 Å². The highest BCUT2D eigenvalue weighted by Gasteiger charge is 2.34. The Labute approximate surface area is 140 Å². The van der Waals surface area contributed by atoms with Crippen LogP contribution in [0.4, 0.5) is 37.7 Å². The average molecular weight is 362 g/mol. The molecule has 0 amide bonds. The van der Waals surface area contributed by atoms with Crippen LogP contribution in [0.2, 0.25) is 0 Å². The second-order valence-electron chi connectivity index (χ2n) is 5.17. The zero-order valence-electron chi connectivity index (χ0n) is 13.2. The molecule has 0 fully saturated rings. The molecule has 25 heavy (non-hydrogen) atoms. The summed E-state index contributed by atoms with van der Waals surface area (Å²) >= 11 is 0. The third-order valence-electron chi connectivity index (χ3n) is 3.04. The van der Waals surface area contributed by atoms with E-state index in [1.807, 2.05) is 0 Å². The lowest BCUT2D eigenvalue weighted by molar-refractivity contribution is -0.138. The van der Waals surface area contributed by atoms with Gasteiger partial charge in [0.15, 0.2) is 0 Å². The fourth-order valence-corrected chi connectivity index (χ4v) is 2.00. The van der Waals surface area contributed by atoms with Crippen molar-refractivity contribution < 1.29 is 26.3 Å². The summed E-state index contributed by atoms with van der Waals surface area (Å²) in [6, 6.07) is 8.29. The number of nitrogen functional groups attached to an aromatic ring is 2. The van der Waals surface area contributed by atoms with Crippen LogP contribution in [0.3, 0.4) is 0 Å². The molecule has 0 aliphatic rings. The van der Waals surface area contributed by atoms with Crippen LogP contribution in [0.25, 0.3) is 5.57 Å². The van der Waals surface area contributed by atoms with Crippen LogP contribution in [-0.4, -0.2) is 0 Å². The minimum atomic E-state index is -4.39. The number of nitrogens with two attached hydrogens (primary N) is 2. The Morgan fingerprint density at radius 3 is 1.80 bits per heavy atom. The molecule has 0 aliphatic carbocycles. The van der Waals surface area contributed by atoms with Crippen LogP contribution in [0, 0.1) is 0 Å². The summed E-state index contributed by atoms with van der Waals surface area (Å²) in [6.45, 7) is 4.98. The van der Waals surface area contributed by atoms with E-state index >= 15 is 0 Å². The molecule has 0 aliphatic heterocycles. The molecule has 4 N–H and O–H groups in total. The first-order chi connectivity index (χ1) is 11.3. The van der Waals surface area contributed by atoms with Gasteiger partial charge in [-0.05, 0) is 42.8 Å². The Morgan fingerprint density at radius 1 is 0.880 bits per heavy atom. The van der Waals surface area contributed by atoms with E-state index in [1.54, 1.807) is 0 Å². The van der Waals surface area contributed by atoms with Gasteiger partial charge in [0.05, 0.1) is 11.1 Å². The molecule has 0 saturated carbocycles. The number of allylic oxidation sites excluding steroid dienone is 1. The van der Waals surface area contributed by atoms with Crippen LogP contribution in [0.15, 0.2) is 49.0 Å². The maximum atomic E-state index is 12.5. The Balaban J connectivity index is 0.000000257. The summed E-state index contributed by atoms with van der Waals surface area (Å²) in [5.74, 6) is 0. The largest absolute Gasteiger partial charge is 0.417 e. The average Bonchev–Trinajstić information content (AvgIpc) is 2.45. The summed E-state index contributed by atoms with van der Waals surface area (Å²) < 4.78 is 73.2. The quantitative estimate of drug-likeness (QED) is 0.512. The molecule has 136 valence electrons. The van der Waals surface area contributed by atoms with Crippen LogP contribution in [-0.2, 0) is 12.4 Å². The van der Waals surface area contributed by atoms with Crippen LogP contribution >= 0.6 is 0 Å². The molecule has 0 radical (unpaired) electrons. The van der Waals surface area contributed by atoms with E-state index in [0.717, 1.165) is 18.2 Å². The molecule has 2 aromatic carbocycles. The Bertz CT molecular complexity index is 748. The first-order valence-corrected chi connectivity index (χ1v) is 6.88. The zero-order valence-corrected chi connectivity index (χ0v) is 13.2. The van der Waals surface area contributed by atoms with Gasteiger partial charge in [-0.15, -0.1) is 0 Å². The van der Waals surface area contributed by atoms with E-state index < -0.39 is 23.5 Å². The Morgan fingerprint density at radius 2 is 1.44 bits per heavy atom. The molecule has 0 saturated heterocycles. The molecule has 0 atom stereocenters. The normalized spacial score (nSPS) is 11.5. The van der Waals surface area contributed by atoms with Gasteiger partial charge in [0.25, 0.3) is 0 Å². The predicted molar refractivity (Wildman–Crippen MR) is 86.4 cm³/mol. The van der Waals surface area contributed by atoms with Crippen molar-refractivity contribution in [1.82, 2.24) is 0 Å². The van der Waals surface area contributed by atoms with Gasteiger partial charge in [-0.3, -0.25) is 0 Å². The fraction of sp³-hybridized carbons (Fsp3) is 0.176. The molecular formula is C17H16F6N2. The van der Waals surface area contributed by atoms with Gasteiger partial charge in [-0.2, -0.15) is 26.3 Å². The SMILES string of the molecule is C=C(C)c1c(N)cccc1C(F)(F)F.Nc1cccc(C(F)(F)F)c1. The second kappa shape index (κ2) is 7.50. The van der Waals surface area contributed by atoms with Crippen molar-refractivity contribution in [2.24, 2.45) is 0 Å². The zero-order chi connectivity index (χ0) is 19.4. The van der Waals surface area contributed by atoms with Crippen LogP contribution in [0.5, 0.6) is 0 Å². The number of hydrogen-bond donors (Lipinski definition) is 2. The molecule has 2 nitrogen and oxygen atoms in total. The summed E-state index contributed by atoms with van der Waals surface area (Å²) in [5.41, 5.74) is 9.70. The number of rotatable bonds is 1. The summed E-state index contributed by atoms with van der Waals surface area (Å²) in [6.07, 6.45) is -8.68. The topological polar surface area (TPSA) is 52.0 Å².